The highest BCUT2D eigenvalue weighted by Crippen LogP contribution is 2.21. The predicted molar refractivity (Wildman–Crippen MR) is 84.4 cm³/mol. The first-order valence-corrected chi connectivity index (χ1v) is 7.35. The molecule has 0 unspecified atom stereocenters. The van der Waals surface area contributed by atoms with Gasteiger partial charge in [0.1, 0.15) is 5.75 Å². The van der Waals surface area contributed by atoms with Gasteiger partial charge < -0.3 is 4.74 Å². The fraction of sp³-hybridized carbons (Fsp3) is 0.235. The first-order chi connectivity index (χ1) is 9.47. The molecule has 0 fully saturated rings. The number of carbonyl (C=O) groups excluding carboxylic acids is 1. The van der Waals surface area contributed by atoms with E-state index in [2.05, 4.69) is 29.8 Å². The van der Waals surface area contributed by atoms with Gasteiger partial charge in [0, 0.05) is 4.47 Å². The van der Waals surface area contributed by atoms with Gasteiger partial charge in [-0.15, -0.1) is 0 Å². The molecule has 0 aromatic heterocycles. The molecular formula is C17H17BrO2. The summed E-state index contributed by atoms with van der Waals surface area (Å²) in [7, 11) is 0. The second-order valence-corrected chi connectivity index (χ2v) is 5.93. The van der Waals surface area contributed by atoms with E-state index in [0.717, 1.165) is 10.0 Å². The molecule has 0 aliphatic heterocycles. The molecule has 0 saturated heterocycles. The van der Waals surface area contributed by atoms with Crippen molar-refractivity contribution in [2.45, 2.75) is 26.7 Å². The van der Waals surface area contributed by atoms with Crippen LogP contribution < -0.4 is 4.74 Å². The fourth-order valence-electron chi connectivity index (χ4n) is 1.81. The van der Waals surface area contributed by atoms with Crippen LogP contribution in [0.3, 0.4) is 0 Å². The summed E-state index contributed by atoms with van der Waals surface area (Å²) in [6, 6.07) is 13.1. The first-order valence-electron chi connectivity index (χ1n) is 6.55. The summed E-state index contributed by atoms with van der Waals surface area (Å²) in [6.45, 7) is 6.24. The summed E-state index contributed by atoms with van der Waals surface area (Å²) < 4.78 is 6.27. The number of hydrogen-bond donors (Lipinski definition) is 0. The molecule has 0 aliphatic carbocycles. The number of aryl methyl sites for hydroxylation is 1. The van der Waals surface area contributed by atoms with Crippen LogP contribution in [0.4, 0.5) is 0 Å². The molecule has 0 N–H and O–H groups in total. The number of carbonyl (C=O) groups is 1. The minimum atomic E-state index is -0.344. The van der Waals surface area contributed by atoms with Crippen molar-refractivity contribution in [2.24, 2.45) is 0 Å². The Bertz CT molecular complexity index is 615. The third-order valence-corrected chi connectivity index (χ3v) is 4.02. The third-order valence-electron chi connectivity index (χ3n) is 3.16. The van der Waals surface area contributed by atoms with Gasteiger partial charge in [-0.2, -0.15) is 0 Å². The summed E-state index contributed by atoms with van der Waals surface area (Å²) in [4.78, 5) is 12.1. The van der Waals surface area contributed by atoms with E-state index in [4.69, 9.17) is 4.74 Å². The largest absolute Gasteiger partial charge is 0.423 e. The molecule has 20 heavy (non-hydrogen) atoms. The lowest BCUT2D eigenvalue weighted by atomic mass is 10.0. The Morgan fingerprint density at radius 2 is 1.75 bits per heavy atom. The van der Waals surface area contributed by atoms with Gasteiger partial charge in [0.25, 0.3) is 0 Å². The van der Waals surface area contributed by atoms with E-state index in [1.54, 1.807) is 12.1 Å². The van der Waals surface area contributed by atoms with Crippen LogP contribution in [0.25, 0.3) is 0 Å². The topological polar surface area (TPSA) is 26.3 Å². The van der Waals surface area contributed by atoms with E-state index in [1.807, 2.05) is 37.3 Å². The lowest BCUT2D eigenvalue weighted by Crippen LogP contribution is -2.08. The average Bonchev–Trinajstić information content (AvgIpc) is 2.42. The quantitative estimate of drug-likeness (QED) is 0.577. The molecule has 2 nitrogen and oxygen atoms in total. The molecule has 0 amide bonds. The van der Waals surface area contributed by atoms with Gasteiger partial charge >= 0.3 is 5.97 Å². The van der Waals surface area contributed by atoms with Gasteiger partial charge in [-0.1, -0.05) is 48.0 Å². The number of halogens is 1. The van der Waals surface area contributed by atoms with Crippen molar-refractivity contribution in [2.75, 3.05) is 0 Å². The maximum Gasteiger partial charge on any atom is 0.343 e. The standard InChI is InChI=1S/C17H17BrO2/c1-11(2)13-6-8-15(9-7-13)20-17(19)14-5-4-12(3)16(18)10-14/h4-11H,1-3H3. The summed E-state index contributed by atoms with van der Waals surface area (Å²) in [6.07, 6.45) is 0. The highest BCUT2D eigenvalue weighted by molar-refractivity contribution is 9.10. The molecule has 104 valence electrons. The van der Waals surface area contributed by atoms with E-state index in [-0.39, 0.29) is 5.97 Å². The fourth-order valence-corrected chi connectivity index (χ4v) is 2.19. The Hall–Kier alpha value is -1.61. The molecule has 0 aliphatic rings. The van der Waals surface area contributed by atoms with Gasteiger partial charge in [-0.3, -0.25) is 0 Å². The zero-order chi connectivity index (χ0) is 14.7. The molecular weight excluding hydrogens is 316 g/mol. The van der Waals surface area contributed by atoms with Crippen LogP contribution in [0, 0.1) is 6.92 Å². The molecule has 0 heterocycles. The van der Waals surface area contributed by atoms with Crippen LogP contribution in [-0.4, -0.2) is 5.97 Å². The molecule has 2 aromatic carbocycles. The smallest absolute Gasteiger partial charge is 0.343 e. The minimum Gasteiger partial charge on any atom is -0.423 e. The van der Waals surface area contributed by atoms with Crippen LogP contribution in [-0.2, 0) is 0 Å². The van der Waals surface area contributed by atoms with Gasteiger partial charge in [-0.05, 0) is 48.2 Å². The van der Waals surface area contributed by atoms with Crippen molar-refractivity contribution in [1.29, 1.82) is 0 Å². The first kappa shape index (κ1) is 14.8. The lowest BCUT2D eigenvalue weighted by Gasteiger charge is -2.08. The van der Waals surface area contributed by atoms with Crippen LogP contribution >= 0.6 is 15.9 Å². The van der Waals surface area contributed by atoms with Crippen LogP contribution in [0.1, 0.15) is 41.3 Å². The second kappa shape index (κ2) is 6.23. The van der Waals surface area contributed by atoms with Crippen molar-refractivity contribution in [1.82, 2.24) is 0 Å². The number of rotatable bonds is 3. The van der Waals surface area contributed by atoms with Crippen molar-refractivity contribution in [3.63, 3.8) is 0 Å². The monoisotopic (exact) mass is 332 g/mol. The van der Waals surface area contributed by atoms with Gasteiger partial charge in [0.2, 0.25) is 0 Å². The zero-order valence-corrected chi connectivity index (χ0v) is 13.4. The normalized spacial score (nSPS) is 10.7. The Morgan fingerprint density at radius 3 is 2.30 bits per heavy atom. The van der Waals surface area contributed by atoms with Crippen LogP contribution in [0.2, 0.25) is 0 Å². The molecule has 0 atom stereocenters. The SMILES string of the molecule is Cc1ccc(C(=O)Oc2ccc(C(C)C)cc2)cc1Br. The Labute approximate surface area is 127 Å². The van der Waals surface area contributed by atoms with Gasteiger partial charge in [0.15, 0.2) is 0 Å². The van der Waals surface area contributed by atoms with E-state index in [9.17, 15) is 4.79 Å². The molecule has 2 aromatic rings. The summed E-state index contributed by atoms with van der Waals surface area (Å²) in [5.41, 5.74) is 2.85. The zero-order valence-electron chi connectivity index (χ0n) is 11.8. The molecule has 0 saturated carbocycles. The third kappa shape index (κ3) is 3.48. The van der Waals surface area contributed by atoms with Crippen LogP contribution in [0.5, 0.6) is 5.75 Å². The van der Waals surface area contributed by atoms with Crippen molar-refractivity contribution >= 4 is 21.9 Å². The van der Waals surface area contributed by atoms with Crippen LogP contribution in [0.15, 0.2) is 46.9 Å². The molecule has 0 bridgehead atoms. The molecule has 0 radical (unpaired) electrons. The van der Waals surface area contributed by atoms with Gasteiger partial charge in [-0.25, -0.2) is 4.79 Å². The maximum atomic E-state index is 12.1. The summed E-state index contributed by atoms with van der Waals surface area (Å²) >= 11 is 3.42. The highest BCUT2D eigenvalue weighted by atomic mass is 79.9. The molecule has 3 heteroatoms. The Balaban J connectivity index is 2.12. The van der Waals surface area contributed by atoms with E-state index >= 15 is 0 Å². The second-order valence-electron chi connectivity index (χ2n) is 5.08. The summed E-state index contributed by atoms with van der Waals surface area (Å²) in [5.74, 6) is 0.687. The minimum absolute atomic E-state index is 0.344. The van der Waals surface area contributed by atoms with E-state index < -0.39 is 0 Å². The summed E-state index contributed by atoms with van der Waals surface area (Å²) in [5, 5.41) is 0. The average molecular weight is 333 g/mol. The number of esters is 1. The molecule has 2 rings (SSSR count). The Morgan fingerprint density at radius 1 is 1.10 bits per heavy atom. The van der Waals surface area contributed by atoms with Crippen molar-refractivity contribution in [3.8, 4) is 5.75 Å². The van der Waals surface area contributed by atoms with Gasteiger partial charge in [0.05, 0.1) is 5.56 Å². The molecule has 0 spiro atoms. The maximum absolute atomic E-state index is 12.1. The highest BCUT2D eigenvalue weighted by Gasteiger charge is 2.10. The predicted octanol–water partition coefficient (Wildman–Crippen LogP) is 5.10. The van der Waals surface area contributed by atoms with Crippen molar-refractivity contribution < 1.29 is 9.53 Å². The lowest BCUT2D eigenvalue weighted by molar-refractivity contribution is 0.0734. The van der Waals surface area contributed by atoms with E-state index in [1.165, 1.54) is 5.56 Å². The number of benzene rings is 2. The van der Waals surface area contributed by atoms with E-state index in [0.29, 0.717) is 17.2 Å². The number of hydrogen-bond acceptors (Lipinski definition) is 2. The van der Waals surface area contributed by atoms with Crippen molar-refractivity contribution in [3.05, 3.63) is 63.6 Å². The Kier molecular flexibility index (Phi) is 4.61. The number of ether oxygens (including phenoxy) is 1.